The Balaban J connectivity index is 1.11. The number of rotatable bonds is 5. The summed E-state index contributed by atoms with van der Waals surface area (Å²) in [7, 11) is 0. The molecule has 4 saturated carbocycles. The summed E-state index contributed by atoms with van der Waals surface area (Å²) in [6.45, 7) is 0. The quantitative estimate of drug-likeness (QED) is 0.502. The first kappa shape index (κ1) is 19.0. The fraction of sp³-hybridized carbons (Fsp3) is 0.500. The number of H-pyrrole nitrogens is 1. The number of hydrogen-bond acceptors (Lipinski definition) is 6. The van der Waals surface area contributed by atoms with Gasteiger partial charge < -0.3 is 15.4 Å². The maximum absolute atomic E-state index is 15.1. The molecule has 3 heterocycles. The van der Waals surface area contributed by atoms with Gasteiger partial charge in [-0.3, -0.25) is 5.10 Å². The Morgan fingerprint density at radius 1 is 1.35 bits per heavy atom. The van der Waals surface area contributed by atoms with Crippen LogP contribution in [0.5, 0.6) is 0 Å². The molecule has 0 unspecified atom stereocenters. The third-order valence-corrected chi connectivity index (χ3v) is 7.34. The second kappa shape index (κ2) is 6.91. The summed E-state index contributed by atoms with van der Waals surface area (Å²) in [5, 5.41) is 17.5. The van der Waals surface area contributed by atoms with Gasteiger partial charge in [-0.25, -0.2) is 18.7 Å². The van der Waals surface area contributed by atoms with Crippen LogP contribution in [-0.4, -0.2) is 48.7 Å². The summed E-state index contributed by atoms with van der Waals surface area (Å²) < 4.78 is 22.9. The fourth-order valence-electron chi connectivity index (χ4n) is 5.09. The van der Waals surface area contributed by atoms with Crippen LogP contribution in [0, 0.1) is 5.92 Å². The van der Waals surface area contributed by atoms with Crippen LogP contribution in [0.1, 0.15) is 43.7 Å². The lowest BCUT2D eigenvalue weighted by Gasteiger charge is -2.61. The van der Waals surface area contributed by atoms with Crippen LogP contribution >= 0.6 is 15.9 Å². The highest BCUT2D eigenvalue weighted by atomic mass is 79.9. The Kier molecular flexibility index (Phi) is 4.24. The zero-order valence-electron chi connectivity index (χ0n) is 16.5. The molecular weight excluding hydrogens is 469 g/mol. The molecule has 11 heteroatoms. The van der Waals surface area contributed by atoms with Gasteiger partial charge in [0.2, 0.25) is 0 Å². The highest BCUT2D eigenvalue weighted by molar-refractivity contribution is 9.10. The summed E-state index contributed by atoms with van der Waals surface area (Å²) in [5.74, 6) is 1.48. The van der Waals surface area contributed by atoms with Crippen LogP contribution < -0.4 is 10.6 Å². The molecule has 4 aliphatic rings. The Labute approximate surface area is 185 Å². The van der Waals surface area contributed by atoms with E-state index in [2.05, 4.69) is 46.8 Å². The van der Waals surface area contributed by atoms with Gasteiger partial charge in [0.25, 0.3) is 0 Å². The SMILES string of the molecule is O=C(NC12CC(C1)C2)O[C@@H]1CC[C@H](c2cc(Nc3ncc(Br)n4nccc34)n[nH]2)[C@@H]1F. The molecule has 162 valence electrons. The van der Waals surface area contributed by atoms with Crippen LogP contribution in [0.3, 0.4) is 0 Å². The van der Waals surface area contributed by atoms with Crippen molar-refractivity contribution in [3.8, 4) is 0 Å². The van der Waals surface area contributed by atoms with Gasteiger partial charge in [-0.1, -0.05) is 0 Å². The van der Waals surface area contributed by atoms with Crippen molar-refractivity contribution in [2.45, 2.75) is 55.8 Å². The highest BCUT2D eigenvalue weighted by Crippen LogP contribution is 2.57. The van der Waals surface area contributed by atoms with Crippen molar-refractivity contribution in [3.63, 3.8) is 0 Å². The smallest absolute Gasteiger partial charge is 0.407 e. The molecule has 0 aromatic carbocycles. The topological polar surface area (TPSA) is 109 Å². The highest BCUT2D eigenvalue weighted by Gasteiger charge is 2.58. The Morgan fingerprint density at radius 2 is 2.19 bits per heavy atom. The number of carbonyl (C=O) groups excluding carboxylic acids is 1. The van der Waals surface area contributed by atoms with Crippen LogP contribution in [-0.2, 0) is 4.74 Å². The van der Waals surface area contributed by atoms with Crippen molar-refractivity contribution in [1.29, 1.82) is 0 Å². The summed E-state index contributed by atoms with van der Waals surface area (Å²) in [5.41, 5.74) is 1.38. The number of carbonyl (C=O) groups is 1. The van der Waals surface area contributed by atoms with Crippen LogP contribution in [0.2, 0.25) is 0 Å². The van der Waals surface area contributed by atoms with Gasteiger partial charge in [-0.2, -0.15) is 10.2 Å². The Bertz CT molecular complexity index is 1150. The van der Waals surface area contributed by atoms with Gasteiger partial charge in [0, 0.05) is 23.2 Å². The number of alkyl halides is 1. The maximum Gasteiger partial charge on any atom is 0.407 e. The molecule has 3 aromatic heterocycles. The molecule has 3 N–H and O–H groups in total. The zero-order chi connectivity index (χ0) is 21.2. The molecule has 7 rings (SSSR count). The van der Waals surface area contributed by atoms with E-state index in [1.54, 1.807) is 23.0 Å². The van der Waals surface area contributed by atoms with E-state index in [4.69, 9.17) is 4.74 Å². The minimum Gasteiger partial charge on any atom is -0.443 e. The number of nitrogens with one attached hydrogen (secondary N) is 3. The van der Waals surface area contributed by atoms with E-state index in [0.29, 0.717) is 30.2 Å². The first-order valence-electron chi connectivity index (χ1n) is 10.4. The second-order valence-corrected chi connectivity index (χ2v) is 9.66. The molecule has 0 radical (unpaired) electrons. The van der Waals surface area contributed by atoms with Crippen molar-refractivity contribution < 1.29 is 13.9 Å². The molecule has 0 saturated heterocycles. The predicted octanol–water partition coefficient (Wildman–Crippen LogP) is 3.82. The van der Waals surface area contributed by atoms with Gasteiger partial charge >= 0.3 is 6.09 Å². The molecule has 3 aromatic rings. The number of fused-ring (bicyclic) bond motifs is 1. The third kappa shape index (κ3) is 3.17. The number of ether oxygens (including phenoxy) is 1. The molecule has 9 nitrogen and oxygen atoms in total. The second-order valence-electron chi connectivity index (χ2n) is 8.85. The minimum absolute atomic E-state index is 0.0719. The van der Waals surface area contributed by atoms with E-state index < -0.39 is 24.3 Å². The van der Waals surface area contributed by atoms with E-state index in [0.717, 1.165) is 35.3 Å². The zero-order valence-corrected chi connectivity index (χ0v) is 18.1. The van der Waals surface area contributed by atoms with Gasteiger partial charge in [-0.05, 0) is 60.0 Å². The summed E-state index contributed by atoms with van der Waals surface area (Å²) in [4.78, 5) is 16.6. The van der Waals surface area contributed by atoms with Crippen molar-refractivity contribution in [2.24, 2.45) is 5.92 Å². The van der Waals surface area contributed by atoms with Crippen molar-refractivity contribution in [3.05, 3.63) is 34.8 Å². The van der Waals surface area contributed by atoms with E-state index in [1.165, 1.54) is 0 Å². The fourth-order valence-corrected chi connectivity index (χ4v) is 5.47. The number of aromatic nitrogens is 5. The molecule has 31 heavy (non-hydrogen) atoms. The van der Waals surface area contributed by atoms with Gasteiger partial charge in [0.1, 0.15) is 22.4 Å². The number of halogens is 2. The van der Waals surface area contributed by atoms with Crippen molar-refractivity contribution in [2.75, 3.05) is 5.32 Å². The normalized spacial score (nSPS) is 31.2. The number of hydrogen-bond donors (Lipinski definition) is 3. The summed E-state index contributed by atoms with van der Waals surface area (Å²) in [6, 6.07) is 3.61. The molecular formula is C20H21BrFN7O2. The molecule has 4 fully saturated rings. The lowest BCUT2D eigenvalue weighted by molar-refractivity contribution is -0.0532. The molecule has 0 aliphatic heterocycles. The van der Waals surface area contributed by atoms with Crippen molar-refractivity contribution >= 4 is 39.2 Å². The summed E-state index contributed by atoms with van der Waals surface area (Å²) in [6.07, 6.45) is 4.95. The van der Waals surface area contributed by atoms with Crippen LogP contribution in [0.25, 0.3) is 5.52 Å². The standard InChI is InChI=1S/C20H21BrFN7O2/c21-15-9-23-18(13-3-4-24-29(13)15)25-16-5-12(27-28-16)11-1-2-14(17(11)22)31-19(30)26-20-6-10(7-20)8-20/h3-5,9-11,14,17H,1-2,6-8H2,(H,26,30)(H2,23,25,27,28)/t10?,11-,14-,17+,20?/m1/s1. The lowest BCUT2D eigenvalue weighted by Crippen LogP contribution is -2.68. The minimum atomic E-state index is -1.28. The van der Waals surface area contributed by atoms with Gasteiger partial charge in [-0.15, -0.1) is 0 Å². The first-order chi connectivity index (χ1) is 15.0. The van der Waals surface area contributed by atoms with E-state index >= 15 is 4.39 Å². The predicted molar refractivity (Wildman–Crippen MR) is 113 cm³/mol. The summed E-state index contributed by atoms with van der Waals surface area (Å²) >= 11 is 3.41. The molecule has 0 spiro atoms. The first-order valence-corrected chi connectivity index (χ1v) is 11.2. The third-order valence-electron chi connectivity index (χ3n) is 6.80. The lowest BCUT2D eigenvalue weighted by atomic mass is 9.50. The van der Waals surface area contributed by atoms with E-state index in [-0.39, 0.29) is 5.54 Å². The average Bonchev–Trinajstić information content (AvgIpc) is 3.41. The molecule has 2 bridgehead atoms. The number of alkyl carbamates (subject to hydrolysis) is 1. The number of aromatic amines is 1. The van der Waals surface area contributed by atoms with E-state index in [1.807, 2.05) is 6.07 Å². The molecule has 1 amide bonds. The number of amides is 1. The van der Waals surface area contributed by atoms with Crippen LogP contribution in [0.15, 0.2) is 29.1 Å². The number of nitrogens with zero attached hydrogens (tertiary/aromatic N) is 4. The Hall–Kier alpha value is -2.69. The van der Waals surface area contributed by atoms with Gasteiger partial charge in [0.05, 0.1) is 12.4 Å². The van der Waals surface area contributed by atoms with E-state index in [9.17, 15) is 4.79 Å². The molecule has 4 aliphatic carbocycles. The average molecular weight is 490 g/mol. The van der Waals surface area contributed by atoms with Crippen LogP contribution in [0.4, 0.5) is 20.8 Å². The molecule has 3 atom stereocenters. The maximum atomic E-state index is 15.1. The largest absolute Gasteiger partial charge is 0.443 e. The monoisotopic (exact) mass is 489 g/mol. The number of anilines is 2. The Morgan fingerprint density at radius 3 is 2.97 bits per heavy atom. The van der Waals surface area contributed by atoms with Gasteiger partial charge in [0.15, 0.2) is 11.6 Å². The van der Waals surface area contributed by atoms with Crippen molar-refractivity contribution in [1.82, 2.24) is 30.1 Å².